The molecule has 0 bridgehead atoms. The van der Waals surface area contributed by atoms with E-state index in [0.717, 1.165) is 31.9 Å². The Morgan fingerprint density at radius 2 is 2.22 bits per heavy atom. The molecule has 1 aliphatic carbocycles. The Morgan fingerprint density at radius 3 is 2.83 bits per heavy atom. The zero-order valence-electron chi connectivity index (χ0n) is 10.4. The number of aliphatic hydroxyl groups is 1. The number of hydrogen-bond acceptors (Lipinski definition) is 5. The summed E-state index contributed by atoms with van der Waals surface area (Å²) in [4.78, 5) is 7.77. The molecule has 0 saturated heterocycles. The lowest BCUT2D eigenvalue weighted by atomic mass is 9.87. The zero-order valence-corrected chi connectivity index (χ0v) is 10.4. The summed E-state index contributed by atoms with van der Waals surface area (Å²) >= 11 is 0. The average Bonchev–Trinajstić information content (AvgIpc) is 2.87. The number of rotatable bonds is 5. The molecule has 1 fully saturated rings. The monoisotopic (exact) mass is 255 g/mol. The van der Waals surface area contributed by atoms with Gasteiger partial charge in [-0.3, -0.25) is 0 Å². The average molecular weight is 255 g/mol. The molecule has 2 rings (SSSR count). The summed E-state index contributed by atoms with van der Waals surface area (Å²) in [5.74, 6) is -0.328. The van der Waals surface area contributed by atoms with Crippen LogP contribution in [-0.4, -0.2) is 35.3 Å². The fourth-order valence-electron chi connectivity index (χ4n) is 2.36. The number of nitrogens with one attached hydrogen (secondary N) is 1. The van der Waals surface area contributed by atoms with Crippen LogP contribution in [0.3, 0.4) is 0 Å². The lowest BCUT2D eigenvalue weighted by molar-refractivity contribution is 0.142. The summed E-state index contributed by atoms with van der Waals surface area (Å²) < 4.78 is 17.9. The molecule has 0 spiro atoms. The number of halogens is 1. The topological polar surface area (TPSA) is 67.3 Å². The molecule has 1 aromatic rings. The van der Waals surface area contributed by atoms with E-state index in [1.54, 1.807) is 0 Å². The van der Waals surface area contributed by atoms with E-state index in [1.165, 1.54) is 7.11 Å². The van der Waals surface area contributed by atoms with Gasteiger partial charge in [0.25, 0.3) is 5.88 Å². The maximum atomic E-state index is 13.1. The molecule has 0 aliphatic heterocycles. The van der Waals surface area contributed by atoms with Crippen molar-refractivity contribution < 1.29 is 14.2 Å². The zero-order chi connectivity index (χ0) is 13.0. The van der Waals surface area contributed by atoms with E-state index in [1.807, 2.05) is 0 Å². The number of methoxy groups -OCH3 is 1. The van der Waals surface area contributed by atoms with Gasteiger partial charge in [-0.1, -0.05) is 12.8 Å². The van der Waals surface area contributed by atoms with Crippen LogP contribution < -0.4 is 10.1 Å². The highest BCUT2D eigenvalue weighted by Gasteiger charge is 2.33. The van der Waals surface area contributed by atoms with Crippen LogP contribution in [0.25, 0.3) is 0 Å². The lowest BCUT2D eigenvalue weighted by Gasteiger charge is -2.26. The van der Waals surface area contributed by atoms with E-state index in [0.29, 0.717) is 12.5 Å². The van der Waals surface area contributed by atoms with Gasteiger partial charge >= 0.3 is 0 Å². The van der Waals surface area contributed by atoms with Gasteiger partial charge in [-0.25, -0.2) is 4.98 Å². The number of anilines is 1. The minimum atomic E-state index is -0.583. The highest BCUT2D eigenvalue weighted by Crippen LogP contribution is 2.37. The van der Waals surface area contributed by atoms with Crippen LogP contribution in [0.1, 0.15) is 25.7 Å². The van der Waals surface area contributed by atoms with Crippen molar-refractivity contribution in [3.8, 4) is 5.88 Å². The van der Waals surface area contributed by atoms with Crippen LogP contribution >= 0.6 is 0 Å². The van der Waals surface area contributed by atoms with Crippen molar-refractivity contribution in [1.29, 1.82) is 0 Å². The number of ether oxygens (including phenoxy) is 1. The predicted molar refractivity (Wildman–Crippen MR) is 65.0 cm³/mol. The van der Waals surface area contributed by atoms with Gasteiger partial charge in [-0.05, 0) is 12.8 Å². The quantitative estimate of drug-likeness (QED) is 0.836. The molecule has 0 atom stereocenters. The van der Waals surface area contributed by atoms with Gasteiger partial charge in [0.2, 0.25) is 11.8 Å². The molecular weight excluding hydrogens is 237 g/mol. The van der Waals surface area contributed by atoms with E-state index in [4.69, 9.17) is 4.74 Å². The van der Waals surface area contributed by atoms with Gasteiger partial charge in [-0.15, -0.1) is 0 Å². The second-order valence-corrected chi connectivity index (χ2v) is 4.77. The highest BCUT2D eigenvalue weighted by atomic mass is 19.1. The van der Waals surface area contributed by atoms with Gasteiger partial charge in [0.05, 0.1) is 19.9 Å². The molecule has 5 nitrogen and oxygen atoms in total. The summed E-state index contributed by atoms with van der Waals surface area (Å²) in [7, 11) is 1.36. The molecule has 0 unspecified atom stereocenters. The Balaban J connectivity index is 2.01. The molecule has 1 heterocycles. The van der Waals surface area contributed by atoms with Crippen LogP contribution in [0.5, 0.6) is 5.88 Å². The van der Waals surface area contributed by atoms with Crippen molar-refractivity contribution in [1.82, 2.24) is 9.97 Å². The van der Waals surface area contributed by atoms with Gasteiger partial charge < -0.3 is 15.2 Å². The maximum absolute atomic E-state index is 13.1. The normalized spacial score (nSPS) is 17.7. The first-order chi connectivity index (χ1) is 8.69. The Bertz CT molecular complexity index is 408. The molecule has 0 radical (unpaired) electrons. The predicted octanol–water partition coefficient (Wildman–Crippen LogP) is 1.59. The number of nitrogens with zero attached hydrogens (tertiary/aromatic N) is 2. The fraction of sp³-hybridized carbons (Fsp3) is 0.667. The first-order valence-electron chi connectivity index (χ1n) is 6.10. The Labute approximate surface area is 105 Å². The van der Waals surface area contributed by atoms with E-state index in [2.05, 4.69) is 15.3 Å². The minimum absolute atomic E-state index is 0.0722. The van der Waals surface area contributed by atoms with E-state index in [9.17, 15) is 9.50 Å². The molecule has 18 heavy (non-hydrogen) atoms. The second-order valence-electron chi connectivity index (χ2n) is 4.77. The second kappa shape index (κ2) is 5.48. The SMILES string of the molecule is COc1nc(NCC2(CO)CCCC2)ncc1F. The molecule has 6 heteroatoms. The van der Waals surface area contributed by atoms with Gasteiger partial charge in [0, 0.05) is 12.0 Å². The van der Waals surface area contributed by atoms with E-state index >= 15 is 0 Å². The molecule has 0 amide bonds. The summed E-state index contributed by atoms with van der Waals surface area (Å²) in [6.07, 6.45) is 5.34. The Morgan fingerprint density at radius 1 is 1.50 bits per heavy atom. The van der Waals surface area contributed by atoms with Crippen LogP contribution in [-0.2, 0) is 0 Å². The molecule has 100 valence electrons. The summed E-state index contributed by atoms with van der Waals surface area (Å²) in [6.45, 7) is 0.747. The Kier molecular flexibility index (Phi) is 3.96. The van der Waals surface area contributed by atoms with Crippen LogP contribution in [0.2, 0.25) is 0 Å². The molecule has 1 aromatic heterocycles. The van der Waals surface area contributed by atoms with Gasteiger partial charge in [0.1, 0.15) is 0 Å². The van der Waals surface area contributed by atoms with Crippen LogP contribution in [0.4, 0.5) is 10.3 Å². The lowest BCUT2D eigenvalue weighted by Crippen LogP contribution is -2.31. The Hall–Kier alpha value is -1.43. The summed E-state index contributed by atoms with van der Waals surface area (Å²) in [5.41, 5.74) is -0.0923. The third-order valence-corrected chi connectivity index (χ3v) is 3.53. The van der Waals surface area contributed by atoms with Gasteiger partial charge in [0.15, 0.2) is 0 Å². The van der Waals surface area contributed by atoms with Gasteiger partial charge in [-0.2, -0.15) is 9.37 Å². The van der Waals surface area contributed by atoms with E-state index in [-0.39, 0.29) is 17.9 Å². The minimum Gasteiger partial charge on any atom is -0.479 e. The molecular formula is C12H18FN3O2. The van der Waals surface area contributed by atoms with Crippen LogP contribution in [0, 0.1) is 11.2 Å². The van der Waals surface area contributed by atoms with Crippen molar-refractivity contribution in [2.75, 3.05) is 25.6 Å². The summed E-state index contributed by atoms with van der Waals surface area (Å²) in [5, 5.41) is 12.5. The first-order valence-corrected chi connectivity index (χ1v) is 6.10. The molecule has 0 aromatic carbocycles. The van der Waals surface area contributed by atoms with Crippen LogP contribution in [0.15, 0.2) is 6.20 Å². The first kappa shape index (κ1) is 13.0. The largest absolute Gasteiger partial charge is 0.479 e. The number of aliphatic hydroxyl groups excluding tert-OH is 1. The molecule has 1 aliphatic rings. The van der Waals surface area contributed by atoms with Crippen molar-refractivity contribution >= 4 is 5.95 Å². The van der Waals surface area contributed by atoms with E-state index < -0.39 is 5.82 Å². The third kappa shape index (κ3) is 2.69. The highest BCUT2D eigenvalue weighted by molar-refractivity contribution is 5.28. The molecule has 2 N–H and O–H groups in total. The van der Waals surface area contributed by atoms with Crippen molar-refractivity contribution in [3.05, 3.63) is 12.0 Å². The smallest absolute Gasteiger partial charge is 0.255 e. The third-order valence-electron chi connectivity index (χ3n) is 3.53. The fourth-order valence-corrected chi connectivity index (χ4v) is 2.36. The van der Waals surface area contributed by atoms with Crippen molar-refractivity contribution in [2.45, 2.75) is 25.7 Å². The number of aromatic nitrogens is 2. The number of hydrogen-bond donors (Lipinski definition) is 2. The van der Waals surface area contributed by atoms with Crippen molar-refractivity contribution in [2.24, 2.45) is 5.41 Å². The standard InChI is InChI=1S/C12H18FN3O2/c1-18-10-9(13)6-14-11(16-10)15-7-12(8-17)4-2-3-5-12/h6,17H,2-5,7-8H2,1H3,(H,14,15,16). The van der Waals surface area contributed by atoms with Crippen molar-refractivity contribution in [3.63, 3.8) is 0 Å². The summed E-state index contributed by atoms with van der Waals surface area (Å²) in [6, 6.07) is 0. The molecule has 1 saturated carbocycles. The maximum Gasteiger partial charge on any atom is 0.255 e.